The van der Waals surface area contributed by atoms with E-state index in [9.17, 15) is 4.79 Å². The van der Waals surface area contributed by atoms with Crippen LogP contribution in [-0.2, 0) is 4.74 Å². The molecule has 1 amide bonds. The average molecular weight is 320 g/mol. The molecule has 5 heteroatoms. The first kappa shape index (κ1) is 17.6. The van der Waals surface area contributed by atoms with Gasteiger partial charge in [-0.2, -0.15) is 0 Å². The van der Waals surface area contributed by atoms with E-state index in [0.29, 0.717) is 36.5 Å². The molecule has 1 heterocycles. The van der Waals surface area contributed by atoms with E-state index >= 15 is 0 Å². The van der Waals surface area contributed by atoms with Gasteiger partial charge < -0.3 is 9.47 Å². The van der Waals surface area contributed by atoms with Crippen molar-refractivity contribution in [3.63, 3.8) is 0 Å². The minimum absolute atomic E-state index is 0.405. The Morgan fingerprint density at radius 1 is 1.26 bits per heavy atom. The number of hydrogen-bond acceptors (Lipinski definition) is 4. The molecular weight excluding hydrogens is 292 g/mol. The van der Waals surface area contributed by atoms with Crippen LogP contribution in [0.25, 0.3) is 0 Å². The summed E-state index contributed by atoms with van der Waals surface area (Å²) in [6.45, 7) is 10.4. The second kappa shape index (κ2) is 8.77. The number of para-hydroxylation sites is 2. The number of anilines is 1. The summed E-state index contributed by atoms with van der Waals surface area (Å²) in [7, 11) is 0. The highest BCUT2D eigenvalue weighted by Gasteiger charge is 2.21. The summed E-state index contributed by atoms with van der Waals surface area (Å²) in [6, 6.07) is 7.37. The zero-order chi connectivity index (χ0) is 16.7. The number of likely N-dealkylation sites (tertiary alicyclic amines) is 1. The van der Waals surface area contributed by atoms with Gasteiger partial charge >= 0.3 is 6.09 Å². The number of ether oxygens (including phenoxy) is 2. The van der Waals surface area contributed by atoms with Gasteiger partial charge in [-0.1, -0.05) is 26.0 Å². The highest BCUT2D eigenvalue weighted by Crippen LogP contribution is 2.24. The van der Waals surface area contributed by atoms with Crippen LogP contribution < -0.4 is 10.1 Å². The van der Waals surface area contributed by atoms with Gasteiger partial charge in [-0.05, 0) is 37.3 Å². The van der Waals surface area contributed by atoms with Crippen molar-refractivity contribution in [2.45, 2.75) is 27.2 Å². The first-order valence-corrected chi connectivity index (χ1v) is 8.46. The minimum Gasteiger partial charge on any atom is -0.492 e. The smallest absolute Gasteiger partial charge is 0.411 e. The fourth-order valence-corrected chi connectivity index (χ4v) is 3.24. The fourth-order valence-electron chi connectivity index (χ4n) is 3.24. The van der Waals surface area contributed by atoms with Gasteiger partial charge in [-0.25, -0.2) is 4.79 Å². The maximum Gasteiger partial charge on any atom is 0.411 e. The molecule has 5 nitrogen and oxygen atoms in total. The fraction of sp³-hybridized carbons (Fsp3) is 0.611. The van der Waals surface area contributed by atoms with Crippen molar-refractivity contribution < 1.29 is 14.3 Å². The van der Waals surface area contributed by atoms with Crippen molar-refractivity contribution in [1.82, 2.24) is 4.90 Å². The predicted molar refractivity (Wildman–Crippen MR) is 92.0 cm³/mol. The summed E-state index contributed by atoms with van der Waals surface area (Å²) in [5.41, 5.74) is 0.638. The highest BCUT2D eigenvalue weighted by atomic mass is 16.5. The van der Waals surface area contributed by atoms with Crippen molar-refractivity contribution >= 4 is 11.8 Å². The van der Waals surface area contributed by atoms with Gasteiger partial charge in [-0.15, -0.1) is 0 Å². The lowest BCUT2D eigenvalue weighted by Gasteiger charge is -2.34. The molecule has 2 atom stereocenters. The van der Waals surface area contributed by atoms with Gasteiger partial charge in [0.2, 0.25) is 0 Å². The lowest BCUT2D eigenvalue weighted by molar-refractivity contribution is 0.101. The minimum atomic E-state index is -0.435. The Morgan fingerprint density at radius 3 is 2.65 bits per heavy atom. The predicted octanol–water partition coefficient (Wildman–Crippen LogP) is 3.61. The van der Waals surface area contributed by atoms with Gasteiger partial charge in [0.25, 0.3) is 0 Å². The van der Waals surface area contributed by atoms with E-state index in [1.165, 1.54) is 6.42 Å². The number of carbonyl (C=O) groups is 1. The van der Waals surface area contributed by atoms with E-state index in [2.05, 4.69) is 24.1 Å². The van der Waals surface area contributed by atoms with Crippen LogP contribution in [0, 0.1) is 11.8 Å². The van der Waals surface area contributed by atoms with E-state index in [0.717, 1.165) is 19.6 Å². The van der Waals surface area contributed by atoms with E-state index in [4.69, 9.17) is 9.47 Å². The van der Waals surface area contributed by atoms with E-state index in [1.54, 1.807) is 6.07 Å². The molecule has 0 bridgehead atoms. The van der Waals surface area contributed by atoms with Crippen LogP contribution >= 0.6 is 0 Å². The average Bonchev–Trinajstić information content (AvgIpc) is 2.48. The number of carbonyl (C=O) groups excluding carboxylic acids is 1. The first-order chi connectivity index (χ1) is 11.1. The van der Waals surface area contributed by atoms with Crippen LogP contribution in [-0.4, -0.2) is 43.8 Å². The van der Waals surface area contributed by atoms with E-state index in [1.807, 2.05) is 25.1 Å². The molecule has 1 saturated heterocycles. The molecular formula is C18H28N2O3. The molecule has 1 aromatic carbocycles. The molecule has 1 aliphatic rings. The van der Waals surface area contributed by atoms with E-state index < -0.39 is 6.09 Å². The Balaban J connectivity index is 1.75. The first-order valence-electron chi connectivity index (χ1n) is 8.46. The molecule has 0 aliphatic carbocycles. The van der Waals surface area contributed by atoms with Crippen LogP contribution in [0.1, 0.15) is 27.2 Å². The summed E-state index contributed by atoms with van der Waals surface area (Å²) < 4.78 is 10.8. The van der Waals surface area contributed by atoms with Crippen LogP contribution in [0.15, 0.2) is 24.3 Å². The number of piperidine rings is 1. The topological polar surface area (TPSA) is 50.8 Å². The summed E-state index contributed by atoms with van der Waals surface area (Å²) in [5, 5.41) is 2.75. The Morgan fingerprint density at radius 2 is 1.96 bits per heavy atom. The zero-order valence-electron chi connectivity index (χ0n) is 14.4. The van der Waals surface area contributed by atoms with Crippen molar-refractivity contribution in [1.29, 1.82) is 0 Å². The molecule has 2 rings (SSSR count). The molecule has 1 N–H and O–H groups in total. The number of rotatable bonds is 6. The van der Waals surface area contributed by atoms with Crippen molar-refractivity contribution in [2.75, 3.05) is 38.2 Å². The largest absolute Gasteiger partial charge is 0.492 e. The Hall–Kier alpha value is -1.75. The molecule has 0 spiro atoms. The molecule has 0 saturated carbocycles. The summed E-state index contributed by atoms with van der Waals surface area (Å²) in [6.07, 6.45) is 0.849. The molecule has 0 unspecified atom stereocenters. The Bertz CT molecular complexity index is 497. The molecule has 1 aromatic rings. The lowest BCUT2D eigenvalue weighted by atomic mass is 9.92. The second-order valence-corrected chi connectivity index (χ2v) is 6.40. The zero-order valence-corrected chi connectivity index (χ0v) is 14.4. The van der Waals surface area contributed by atoms with Crippen LogP contribution in [0.5, 0.6) is 5.75 Å². The number of nitrogens with zero attached hydrogens (tertiary/aromatic N) is 1. The lowest BCUT2D eigenvalue weighted by Crippen LogP contribution is -2.40. The van der Waals surface area contributed by atoms with Crippen LogP contribution in [0.3, 0.4) is 0 Å². The normalized spacial score (nSPS) is 21.7. The summed E-state index contributed by atoms with van der Waals surface area (Å²) >= 11 is 0. The van der Waals surface area contributed by atoms with Gasteiger partial charge in [0, 0.05) is 19.6 Å². The molecule has 1 aliphatic heterocycles. The molecule has 23 heavy (non-hydrogen) atoms. The van der Waals surface area contributed by atoms with Crippen LogP contribution in [0.4, 0.5) is 10.5 Å². The van der Waals surface area contributed by atoms with Gasteiger partial charge in [-0.3, -0.25) is 10.2 Å². The number of amides is 1. The molecule has 128 valence electrons. The van der Waals surface area contributed by atoms with Crippen molar-refractivity contribution in [3.05, 3.63) is 24.3 Å². The maximum atomic E-state index is 11.9. The Labute approximate surface area is 139 Å². The standard InChI is InChI=1S/C18H28N2O3/c1-4-22-17-8-6-5-7-16(17)19-18(21)23-10-9-20-12-14(2)11-15(3)13-20/h5-8,14-15H,4,9-13H2,1-3H3,(H,19,21)/t14-,15-/m1/s1. The highest BCUT2D eigenvalue weighted by molar-refractivity contribution is 5.86. The molecule has 0 radical (unpaired) electrons. The summed E-state index contributed by atoms with van der Waals surface area (Å²) in [4.78, 5) is 14.3. The third kappa shape index (κ3) is 5.75. The molecule has 1 fully saturated rings. The third-order valence-corrected chi connectivity index (χ3v) is 4.01. The van der Waals surface area contributed by atoms with Gasteiger partial charge in [0.1, 0.15) is 12.4 Å². The number of benzene rings is 1. The molecule has 0 aromatic heterocycles. The van der Waals surface area contributed by atoms with Crippen molar-refractivity contribution in [2.24, 2.45) is 11.8 Å². The summed E-state index contributed by atoms with van der Waals surface area (Å²) in [5.74, 6) is 2.09. The quantitative estimate of drug-likeness (QED) is 0.870. The third-order valence-electron chi connectivity index (χ3n) is 4.01. The van der Waals surface area contributed by atoms with Crippen LogP contribution in [0.2, 0.25) is 0 Å². The van der Waals surface area contributed by atoms with Gasteiger partial charge in [0.15, 0.2) is 0 Å². The second-order valence-electron chi connectivity index (χ2n) is 6.40. The van der Waals surface area contributed by atoms with Gasteiger partial charge in [0.05, 0.1) is 12.3 Å². The monoisotopic (exact) mass is 320 g/mol. The van der Waals surface area contributed by atoms with E-state index in [-0.39, 0.29) is 0 Å². The Kier molecular flexibility index (Phi) is 6.71. The van der Waals surface area contributed by atoms with Crippen molar-refractivity contribution in [3.8, 4) is 5.75 Å². The number of nitrogens with one attached hydrogen (secondary N) is 1. The SMILES string of the molecule is CCOc1ccccc1NC(=O)OCCN1C[C@H](C)C[C@@H](C)C1. The maximum absolute atomic E-state index is 11.9. The number of hydrogen-bond donors (Lipinski definition) is 1.